The predicted molar refractivity (Wildman–Crippen MR) is 86.5 cm³/mol. The van der Waals surface area contributed by atoms with Crippen LogP contribution in [0.3, 0.4) is 0 Å². The maximum absolute atomic E-state index is 14.1. The smallest absolute Gasteiger partial charge is 0.279 e. The van der Waals surface area contributed by atoms with Crippen LogP contribution in [0.1, 0.15) is 22.8 Å². The van der Waals surface area contributed by atoms with Crippen LogP contribution in [0.25, 0.3) is 10.2 Å². The Morgan fingerprint density at radius 1 is 1.26 bits per heavy atom. The molecule has 0 radical (unpaired) electrons. The summed E-state index contributed by atoms with van der Waals surface area (Å²) in [6.07, 6.45) is 0. The first-order valence-electron chi connectivity index (χ1n) is 7.14. The number of hydrogen-bond acceptors (Lipinski definition) is 2. The summed E-state index contributed by atoms with van der Waals surface area (Å²) in [5.41, 5.74) is 1.59. The van der Waals surface area contributed by atoms with Crippen molar-refractivity contribution in [2.75, 3.05) is 0 Å². The lowest BCUT2D eigenvalue weighted by Crippen LogP contribution is -2.16. The summed E-state index contributed by atoms with van der Waals surface area (Å²) < 4.78 is 29.5. The zero-order valence-electron chi connectivity index (χ0n) is 12.6. The van der Waals surface area contributed by atoms with E-state index >= 15 is 0 Å². The number of thiazole rings is 1. The second-order valence-electron chi connectivity index (χ2n) is 5.10. The van der Waals surface area contributed by atoms with Crippen molar-refractivity contribution in [3.05, 3.63) is 64.0 Å². The minimum atomic E-state index is -0.650. The molecule has 0 aliphatic heterocycles. The number of carbonyl (C=O) groups excluding carboxylic acids is 1. The fourth-order valence-corrected chi connectivity index (χ4v) is 3.60. The maximum atomic E-state index is 14.1. The third-order valence-corrected chi connectivity index (χ3v) is 4.61. The molecule has 0 aliphatic rings. The Morgan fingerprint density at radius 2 is 2.00 bits per heavy atom. The first-order valence-corrected chi connectivity index (χ1v) is 7.96. The van der Waals surface area contributed by atoms with Crippen molar-refractivity contribution < 1.29 is 13.6 Å². The fourth-order valence-electron chi connectivity index (χ4n) is 2.47. The summed E-state index contributed by atoms with van der Waals surface area (Å²) in [5, 5.41) is 0. The zero-order chi connectivity index (χ0) is 16.6. The third kappa shape index (κ3) is 2.82. The Kier molecular flexibility index (Phi) is 4.09. The van der Waals surface area contributed by atoms with Crippen LogP contribution in [0.5, 0.6) is 0 Å². The highest BCUT2D eigenvalue weighted by Gasteiger charge is 2.14. The summed E-state index contributed by atoms with van der Waals surface area (Å²) in [4.78, 5) is 16.9. The lowest BCUT2D eigenvalue weighted by Gasteiger charge is -2.02. The highest BCUT2D eigenvalue weighted by Crippen LogP contribution is 2.22. The van der Waals surface area contributed by atoms with Gasteiger partial charge in [0.25, 0.3) is 5.91 Å². The van der Waals surface area contributed by atoms with E-state index in [1.165, 1.54) is 6.07 Å². The Labute approximate surface area is 135 Å². The van der Waals surface area contributed by atoms with Gasteiger partial charge < -0.3 is 4.57 Å². The van der Waals surface area contributed by atoms with E-state index in [-0.39, 0.29) is 5.52 Å². The van der Waals surface area contributed by atoms with Gasteiger partial charge in [0, 0.05) is 18.2 Å². The number of carbonyl (C=O) groups is 1. The second kappa shape index (κ2) is 6.04. The minimum absolute atomic E-state index is 0.273. The van der Waals surface area contributed by atoms with Gasteiger partial charge in [-0.3, -0.25) is 4.79 Å². The molecule has 3 nitrogen and oxygen atoms in total. The standard InChI is InChI=1S/C17H14F2N2OS/c1-3-21-15-13(19)8-11(18)9-14(15)23-17(21)20-16(22)12-7-5-4-6-10(12)2/h4-9H,3H2,1-2H3. The van der Waals surface area contributed by atoms with Crippen LogP contribution in [0, 0.1) is 18.6 Å². The monoisotopic (exact) mass is 332 g/mol. The van der Waals surface area contributed by atoms with Crippen molar-refractivity contribution in [2.24, 2.45) is 4.99 Å². The first kappa shape index (κ1) is 15.6. The van der Waals surface area contributed by atoms with Crippen molar-refractivity contribution >= 4 is 27.5 Å². The number of amides is 1. The number of aryl methyl sites for hydroxylation is 2. The van der Waals surface area contributed by atoms with Crippen LogP contribution >= 0.6 is 11.3 Å². The highest BCUT2D eigenvalue weighted by atomic mass is 32.1. The van der Waals surface area contributed by atoms with Crippen LogP contribution in [-0.4, -0.2) is 10.5 Å². The van der Waals surface area contributed by atoms with Gasteiger partial charge in [0.05, 0.1) is 10.2 Å². The second-order valence-corrected chi connectivity index (χ2v) is 6.10. The molecule has 0 saturated heterocycles. The molecule has 1 amide bonds. The van der Waals surface area contributed by atoms with E-state index in [0.717, 1.165) is 23.0 Å². The van der Waals surface area contributed by atoms with Crippen LogP contribution in [0.2, 0.25) is 0 Å². The van der Waals surface area contributed by atoms with Crippen LogP contribution < -0.4 is 4.80 Å². The van der Waals surface area contributed by atoms with E-state index in [0.29, 0.717) is 21.6 Å². The van der Waals surface area contributed by atoms with Gasteiger partial charge >= 0.3 is 0 Å². The van der Waals surface area contributed by atoms with E-state index in [1.54, 1.807) is 16.7 Å². The lowest BCUT2D eigenvalue weighted by atomic mass is 10.1. The summed E-state index contributed by atoms with van der Waals surface area (Å²) >= 11 is 1.10. The van der Waals surface area contributed by atoms with Crippen LogP contribution in [0.4, 0.5) is 8.78 Å². The Morgan fingerprint density at radius 3 is 2.70 bits per heavy atom. The lowest BCUT2D eigenvalue weighted by molar-refractivity contribution is 0.0997. The molecule has 3 aromatic rings. The summed E-state index contributed by atoms with van der Waals surface area (Å²) in [5.74, 6) is -1.68. The van der Waals surface area contributed by atoms with Crippen molar-refractivity contribution in [2.45, 2.75) is 20.4 Å². The van der Waals surface area contributed by atoms with Gasteiger partial charge in [0.15, 0.2) is 10.6 Å². The topological polar surface area (TPSA) is 34.4 Å². The molecule has 0 spiro atoms. The number of hydrogen-bond donors (Lipinski definition) is 0. The zero-order valence-corrected chi connectivity index (χ0v) is 13.5. The SMILES string of the molecule is CCn1c(=NC(=O)c2ccccc2C)sc2cc(F)cc(F)c21. The van der Waals surface area contributed by atoms with E-state index < -0.39 is 17.5 Å². The van der Waals surface area contributed by atoms with Gasteiger partial charge in [-0.1, -0.05) is 29.5 Å². The number of fused-ring (bicyclic) bond motifs is 1. The normalized spacial score (nSPS) is 12.1. The highest BCUT2D eigenvalue weighted by molar-refractivity contribution is 7.16. The average molecular weight is 332 g/mol. The molecule has 0 unspecified atom stereocenters. The molecule has 0 N–H and O–H groups in total. The van der Waals surface area contributed by atoms with Crippen molar-refractivity contribution in [3.8, 4) is 0 Å². The third-order valence-electron chi connectivity index (χ3n) is 3.58. The van der Waals surface area contributed by atoms with Crippen LogP contribution in [-0.2, 0) is 6.54 Å². The molecule has 0 saturated carbocycles. The largest absolute Gasteiger partial charge is 0.314 e. The molecule has 0 bridgehead atoms. The van der Waals surface area contributed by atoms with Gasteiger partial charge in [-0.2, -0.15) is 4.99 Å². The first-order chi connectivity index (χ1) is 11.0. The van der Waals surface area contributed by atoms with Crippen LogP contribution in [0.15, 0.2) is 41.4 Å². The molecule has 6 heteroatoms. The maximum Gasteiger partial charge on any atom is 0.279 e. The van der Waals surface area contributed by atoms with Gasteiger partial charge in [0.1, 0.15) is 5.82 Å². The summed E-state index contributed by atoms with van der Waals surface area (Å²) in [6.45, 7) is 4.09. The fraction of sp³-hybridized carbons (Fsp3) is 0.176. The summed E-state index contributed by atoms with van der Waals surface area (Å²) in [7, 11) is 0. The van der Waals surface area contributed by atoms with E-state index in [1.807, 2.05) is 26.0 Å². The minimum Gasteiger partial charge on any atom is -0.314 e. The van der Waals surface area contributed by atoms with Crippen molar-refractivity contribution in [1.82, 2.24) is 4.57 Å². The van der Waals surface area contributed by atoms with Gasteiger partial charge in [-0.05, 0) is 31.5 Å². The number of halogens is 2. The molecule has 23 heavy (non-hydrogen) atoms. The molecule has 0 aliphatic carbocycles. The molecule has 118 valence electrons. The van der Waals surface area contributed by atoms with E-state index in [9.17, 15) is 13.6 Å². The molecule has 1 aromatic heterocycles. The Bertz CT molecular complexity index is 972. The van der Waals surface area contributed by atoms with Gasteiger partial charge in [-0.15, -0.1) is 0 Å². The molecule has 0 atom stereocenters. The Balaban J connectivity index is 2.22. The predicted octanol–water partition coefficient (Wildman–Crippen LogP) is 4.05. The molecule has 2 aromatic carbocycles. The van der Waals surface area contributed by atoms with Crippen molar-refractivity contribution in [3.63, 3.8) is 0 Å². The molecule has 3 rings (SSSR count). The number of rotatable bonds is 2. The van der Waals surface area contributed by atoms with Gasteiger partial charge in [0.2, 0.25) is 0 Å². The van der Waals surface area contributed by atoms with E-state index in [2.05, 4.69) is 4.99 Å². The average Bonchev–Trinajstić information content (AvgIpc) is 2.84. The molecular formula is C17H14F2N2OS. The number of aromatic nitrogens is 1. The van der Waals surface area contributed by atoms with Gasteiger partial charge in [-0.25, -0.2) is 8.78 Å². The number of benzene rings is 2. The van der Waals surface area contributed by atoms with E-state index in [4.69, 9.17) is 0 Å². The van der Waals surface area contributed by atoms with Crippen molar-refractivity contribution in [1.29, 1.82) is 0 Å². The molecule has 1 heterocycles. The quantitative estimate of drug-likeness (QED) is 0.697. The Hall–Kier alpha value is -2.34. The molecular weight excluding hydrogens is 318 g/mol. The molecule has 0 fully saturated rings. The number of nitrogens with zero attached hydrogens (tertiary/aromatic N) is 2. The summed E-state index contributed by atoms with van der Waals surface area (Å²) in [6, 6.07) is 9.24.